The van der Waals surface area contributed by atoms with Crippen LogP contribution in [0.15, 0.2) is 71.4 Å². The van der Waals surface area contributed by atoms with Gasteiger partial charge in [-0.25, -0.2) is 4.79 Å². The van der Waals surface area contributed by atoms with Crippen LogP contribution in [0.5, 0.6) is 11.5 Å². The Balaban J connectivity index is 1.52. The highest BCUT2D eigenvalue weighted by atomic mass is 32.1. The second-order valence-electron chi connectivity index (χ2n) is 7.45. The van der Waals surface area contributed by atoms with Crippen LogP contribution in [0.3, 0.4) is 0 Å². The molecule has 4 nitrogen and oxygen atoms in total. The highest BCUT2D eigenvalue weighted by Crippen LogP contribution is 2.24. The summed E-state index contributed by atoms with van der Waals surface area (Å²) in [5.41, 5.74) is 3.61. The van der Waals surface area contributed by atoms with E-state index in [2.05, 4.69) is 28.4 Å². The molecule has 0 radical (unpaired) electrons. The maximum Gasteiger partial charge on any atom is 0.343 e. The Labute approximate surface area is 213 Å². The van der Waals surface area contributed by atoms with E-state index in [1.807, 2.05) is 72.3 Å². The molecule has 0 fully saturated rings. The van der Waals surface area contributed by atoms with Gasteiger partial charge in [-0.05, 0) is 77.3 Å². The summed E-state index contributed by atoms with van der Waals surface area (Å²) in [6, 6.07) is 19.5. The van der Waals surface area contributed by atoms with Gasteiger partial charge in [-0.3, -0.25) is 0 Å². The molecule has 0 aliphatic heterocycles. The summed E-state index contributed by atoms with van der Waals surface area (Å²) in [4.78, 5) is 13.3. The van der Waals surface area contributed by atoms with E-state index in [1.54, 1.807) is 28.7 Å². The molecule has 6 heteroatoms. The molecule has 2 heterocycles. The minimum atomic E-state index is -0.426. The molecule has 0 atom stereocenters. The minimum Gasteiger partial charge on any atom is -0.489 e. The van der Waals surface area contributed by atoms with Gasteiger partial charge in [0.15, 0.2) is 6.61 Å². The van der Waals surface area contributed by atoms with Crippen LogP contribution in [0.1, 0.15) is 32.0 Å². The van der Waals surface area contributed by atoms with Crippen LogP contribution in [0.4, 0.5) is 0 Å². The number of benzene rings is 2. The average molecular weight is 499 g/mol. The molecule has 0 spiro atoms. The second kappa shape index (κ2) is 11.9. The molecule has 0 amide bonds. The monoisotopic (exact) mass is 498 g/mol. The van der Waals surface area contributed by atoms with E-state index in [1.165, 1.54) is 7.11 Å². The normalized spacial score (nSPS) is 9.89. The van der Waals surface area contributed by atoms with Crippen LogP contribution < -0.4 is 9.47 Å². The zero-order chi connectivity index (χ0) is 24.5. The molecule has 0 aliphatic carbocycles. The van der Waals surface area contributed by atoms with Gasteiger partial charge < -0.3 is 14.2 Å². The van der Waals surface area contributed by atoms with Crippen molar-refractivity contribution in [3.63, 3.8) is 0 Å². The van der Waals surface area contributed by atoms with Gasteiger partial charge in [0.1, 0.15) is 18.1 Å². The van der Waals surface area contributed by atoms with Crippen LogP contribution in [0.2, 0.25) is 0 Å². The van der Waals surface area contributed by atoms with Crippen molar-refractivity contribution in [2.24, 2.45) is 0 Å². The summed E-state index contributed by atoms with van der Waals surface area (Å²) in [6.07, 6.45) is 0. The van der Waals surface area contributed by atoms with Crippen molar-refractivity contribution in [1.82, 2.24) is 0 Å². The molecule has 0 unspecified atom stereocenters. The summed E-state index contributed by atoms with van der Waals surface area (Å²) < 4.78 is 16.2. The average Bonchev–Trinajstić information content (AvgIpc) is 3.59. The highest BCUT2D eigenvalue weighted by molar-refractivity contribution is 7.10. The van der Waals surface area contributed by atoms with Crippen LogP contribution in [-0.2, 0) is 16.1 Å². The fourth-order valence-corrected chi connectivity index (χ4v) is 4.26. The zero-order valence-corrected chi connectivity index (χ0v) is 20.9. The minimum absolute atomic E-state index is 0.133. The molecule has 2 aromatic heterocycles. The fraction of sp³-hybridized carbons (Fsp3) is 0.138. The third-order valence-electron chi connectivity index (χ3n) is 4.82. The summed E-state index contributed by atoms with van der Waals surface area (Å²) in [7, 11) is 1.33. The lowest BCUT2D eigenvalue weighted by Gasteiger charge is -2.11. The van der Waals surface area contributed by atoms with E-state index in [-0.39, 0.29) is 6.61 Å². The van der Waals surface area contributed by atoms with Crippen molar-refractivity contribution in [3.8, 4) is 35.2 Å². The molecule has 0 bridgehead atoms. The molecular weight excluding hydrogens is 476 g/mol. The number of rotatable bonds is 6. The third kappa shape index (κ3) is 7.25. The van der Waals surface area contributed by atoms with E-state index in [4.69, 9.17) is 9.47 Å². The van der Waals surface area contributed by atoms with Gasteiger partial charge in [-0.1, -0.05) is 35.8 Å². The number of hydrogen-bond donors (Lipinski definition) is 0. The lowest BCUT2D eigenvalue weighted by atomic mass is 10.1. The zero-order valence-electron chi connectivity index (χ0n) is 19.3. The van der Waals surface area contributed by atoms with Gasteiger partial charge in [0.25, 0.3) is 0 Å². The number of hydrogen-bond acceptors (Lipinski definition) is 6. The molecule has 0 saturated carbocycles. The summed E-state index contributed by atoms with van der Waals surface area (Å²) in [6.45, 7) is 2.13. The molecule has 35 heavy (non-hydrogen) atoms. The fourth-order valence-electron chi connectivity index (χ4n) is 3.12. The molecule has 174 valence electrons. The number of methoxy groups -OCH3 is 1. The summed E-state index contributed by atoms with van der Waals surface area (Å²) >= 11 is 3.23. The van der Waals surface area contributed by atoms with Crippen molar-refractivity contribution in [2.45, 2.75) is 13.5 Å². The van der Waals surface area contributed by atoms with Crippen LogP contribution >= 0.6 is 22.7 Å². The molecule has 0 saturated heterocycles. The maximum absolute atomic E-state index is 11.3. The van der Waals surface area contributed by atoms with Gasteiger partial charge in [-0.15, -0.1) is 22.7 Å². The van der Waals surface area contributed by atoms with Crippen LogP contribution in [0, 0.1) is 30.6 Å². The molecule has 4 rings (SSSR count). The first-order valence-corrected chi connectivity index (χ1v) is 12.5. The lowest BCUT2D eigenvalue weighted by molar-refractivity contribution is -0.142. The van der Waals surface area contributed by atoms with Crippen LogP contribution in [-0.4, -0.2) is 19.7 Å². The quantitative estimate of drug-likeness (QED) is 0.240. The molecule has 2 aromatic carbocycles. The maximum atomic E-state index is 11.3. The largest absolute Gasteiger partial charge is 0.489 e. The molecule has 0 N–H and O–H groups in total. The first-order valence-electron chi connectivity index (χ1n) is 10.8. The van der Waals surface area contributed by atoms with Crippen molar-refractivity contribution < 1.29 is 19.0 Å². The Bertz CT molecular complexity index is 1340. The molecular formula is C29H22O4S2. The van der Waals surface area contributed by atoms with Crippen molar-refractivity contribution >= 4 is 28.6 Å². The molecule has 4 aromatic rings. The van der Waals surface area contributed by atoms with Gasteiger partial charge in [0.05, 0.1) is 16.9 Å². The first-order chi connectivity index (χ1) is 17.1. The lowest BCUT2D eigenvalue weighted by Crippen LogP contribution is -2.13. The number of carbonyl (C=O) groups excluding carboxylic acids is 1. The van der Waals surface area contributed by atoms with Crippen molar-refractivity contribution in [3.05, 3.63) is 103 Å². The van der Waals surface area contributed by atoms with E-state index in [0.717, 1.165) is 32.0 Å². The Morgan fingerprint density at radius 2 is 1.49 bits per heavy atom. The van der Waals surface area contributed by atoms with Gasteiger partial charge in [0.2, 0.25) is 0 Å². The number of carbonyl (C=O) groups is 1. The standard InChI is InChI=1S/C29H22O4S2/c1-21-15-25(9-12-28(21)33-20-29(30)31-2)32-19-24-17-22(7-10-26-5-3-13-34-26)16-23(18-24)8-11-27-6-4-14-35-27/h3-6,9,12-18H,19-20H2,1-2H3. The van der Waals surface area contributed by atoms with Gasteiger partial charge in [-0.2, -0.15) is 0 Å². The number of aryl methyl sites for hydroxylation is 1. The van der Waals surface area contributed by atoms with Gasteiger partial charge >= 0.3 is 5.97 Å². The van der Waals surface area contributed by atoms with E-state index in [0.29, 0.717) is 18.1 Å². The van der Waals surface area contributed by atoms with Gasteiger partial charge in [0, 0.05) is 11.1 Å². The Kier molecular flexibility index (Phi) is 8.25. The first kappa shape index (κ1) is 24.2. The third-order valence-corrected chi connectivity index (χ3v) is 6.39. The Hall–Kier alpha value is -3.97. The van der Waals surface area contributed by atoms with E-state index >= 15 is 0 Å². The highest BCUT2D eigenvalue weighted by Gasteiger charge is 2.07. The van der Waals surface area contributed by atoms with Crippen molar-refractivity contribution in [2.75, 3.05) is 13.7 Å². The predicted octanol–water partition coefficient (Wildman–Crippen LogP) is 6.05. The smallest absolute Gasteiger partial charge is 0.343 e. The Morgan fingerprint density at radius 1 is 0.829 bits per heavy atom. The topological polar surface area (TPSA) is 44.8 Å². The number of thiophene rings is 2. The number of ether oxygens (including phenoxy) is 3. The summed E-state index contributed by atoms with van der Waals surface area (Å²) in [5, 5.41) is 4.03. The number of esters is 1. The predicted molar refractivity (Wildman–Crippen MR) is 140 cm³/mol. The summed E-state index contributed by atoms with van der Waals surface area (Å²) in [5.74, 6) is 13.8. The second-order valence-corrected chi connectivity index (χ2v) is 9.35. The van der Waals surface area contributed by atoms with Crippen molar-refractivity contribution in [1.29, 1.82) is 0 Å². The SMILES string of the molecule is COC(=O)COc1ccc(OCc2cc(C#Cc3cccs3)cc(C#Cc3cccs3)c2)cc1C. The Morgan fingerprint density at radius 3 is 2.03 bits per heavy atom. The van der Waals surface area contributed by atoms with E-state index in [9.17, 15) is 4.79 Å². The van der Waals surface area contributed by atoms with Crippen LogP contribution in [0.25, 0.3) is 0 Å². The van der Waals surface area contributed by atoms with E-state index < -0.39 is 5.97 Å². The molecule has 0 aliphatic rings.